The molecule has 3 atom stereocenters. The number of rotatable bonds is 5. The number of benzene rings is 1. The Labute approximate surface area is 199 Å². The molecule has 2 aromatic heterocycles. The highest BCUT2D eigenvalue weighted by molar-refractivity contribution is 6.31. The number of halogens is 4. The molecule has 1 saturated carbocycles. The van der Waals surface area contributed by atoms with Crippen LogP contribution in [-0.2, 0) is 6.18 Å². The summed E-state index contributed by atoms with van der Waals surface area (Å²) in [5, 5.41) is 3.54. The van der Waals surface area contributed by atoms with Crippen LogP contribution in [0, 0.1) is 5.92 Å². The number of piperidine rings is 1. The third-order valence-corrected chi connectivity index (χ3v) is 6.60. The summed E-state index contributed by atoms with van der Waals surface area (Å²) in [5.41, 5.74) is 0.239. The maximum absolute atomic E-state index is 13.8. The molecule has 176 valence electrons. The van der Waals surface area contributed by atoms with Crippen LogP contribution in [0.4, 0.5) is 19.0 Å². The van der Waals surface area contributed by atoms with Crippen molar-refractivity contribution in [2.75, 3.05) is 11.9 Å². The Morgan fingerprint density at radius 2 is 1.91 bits per heavy atom. The van der Waals surface area contributed by atoms with E-state index in [0.717, 1.165) is 31.5 Å². The first-order chi connectivity index (χ1) is 16.3. The van der Waals surface area contributed by atoms with Gasteiger partial charge in [-0.1, -0.05) is 11.6 Å². The number of pyridine rings is 1. The van der Waals surface area contributed by atoms with Crippen molar-refractivity contribution in [2.24, 2.45) is 5.92 Å². The second kappa shape index (κ2) is 8.87. The molecule has 34 heavy (non-hydrogen) atoms. The summed E-state index contributed by atoms with van der Waals surface area (Å²) in [4.78, 5) is 28.2. The monoisotopic (exact) mass is 487 g/mol. The molecule has 1 amide bonds. The van der Waals surface area contributed by atoms with Crippen LogP contribution in [0.1, 0.15) is 35.2 Å². The van der Waals surface area contributed by atoms with Crippen molar-refractivity contribution < 1.29 is 18.0 Å². The second-order valence-electron chi connectivity index (χ2n) is 8.58. The third kappa shape index (κ3) is 4.57. The third-order valence-electron chi connectivity index (χ3n) is 6.37. The molecular formula is C24H21ClF3N5O. The number of fused-ring (bicyclic) bond motifs is 1. The second-order valence-corrected chi connectivity index (χ2v) is 9.02. The zero-order valence-corrected chi connectivity index (χ0v) is 18.7. The van der Waals surface area contributed by atoms with Crippen molar-refractivity contribution in [3.05, 3.63) is 71.1 Å². The van der Waals surface area contributed by atoms with Gasteiger partial charge in [-0.05, 0) is 61.6 Å². The van der Waals surface area contributed by atoms with E-state index < -0.39 is 11.7 Å². The Morgan fingerprint density at radius 1 is 1.12 bits per heavy atom. The maximum Gasteiger partial charge on any atom is 0.417 e. The standard InChI is InChI=1S/C24H21ClF3N5O/c25-16-4-6-18(22-29-8-1-9-30-22)19(11-16)23(34)33-17(5-2-14-10-20(14)33)13-32-21-7-3-15(12-31-21)24(26,27)28/h1,3-4,6-9,11-12,14,17,20H,2,5,10,13H2,(H,31,32)/t14?,17-,20?/m0/s1. The van der Waals surface area contributed by atoms with E-state index in [0.29, 0.717) is 40.3 Å². The maximum atomic E-state index is 13.8. The van der Waals surface area contributed by atoms with E-state index in [4.69, 9.17) is 11.6 Å². The number of hydrogen-bond donors (Lipinski definition) is 1. The van der Waals surface area contributed by atoms with E-state index in [-0.39, 0.29) is 18.0 Å². The van der Waals surface area contributed by atoms with E-state index in [1.165, 1.54) is 6.07 Å². The highest BCUT2D eigenvalue weighted by Crippen LogP contribution is 2.46. The van der Waals surface area contributed by atoms with Gasteiger partial charge in [0.25, 0.3) is 5.91 Å². The minimum Gasteiger partial charge on any atom is -0.368 e. The van der Waals surface area contributed by atoms with E-state index >= 15 is 0 Å². The number of carbonyl (C=O) groups excluding carboxylic acids is 1. The predicted molar refractivity (Wildman–Crippen MR) is 121 cm³/mol. The molecule has 1 N–H and O–H groups in total. The van der Waals surface area contributed by atoms with Crippen LogP contribution in [0.3, 0.4) is 0 Å². The Morgan fingerprint density at radius 3 is 2.62 bits per heavy atom. The van der Waals surface area contributed by atoms with Gasteiger partial charge in [0, 0.05) is 47.8 Å². The summed E-state index contributed by atoms with van der Waals surface area (Å²) >= 11 is 6.24. The smallest absolute Gasteiger partial charge is 0.368 e. The quantitative estimate of drug-likeness (QED) is 0.527. The lowest BCUT2D eigenvalue weighted by molar-refractivity contribution is -0.137. The molecule has 5 rings (SSSR count). The molecule has 10 heteroatoms. The summed E-state index contributed by atoms with van der Waals surface area (Å²) < 4.78 is 38.4. The Hall–Kier alpha value is -3.20. The lowest BCUT2D eigenvalue weighted by atomic mass is 9.98. The number of nitrogens with one attached hydrogen (secondary N) is 1. The largest absolute Gasteiger partial charge is 0.417 e. The number of alkyl halides is 3. The molecular weight excluding hydrogens is 467 g/mol. The number of nitrogens with zero attached hydrogens (tertiary/aromatic N) is 4. The summed E-state index contributed by atoms with van der Waals surface area (Å²) in [6, 6.07) is 9.10. The van der Waals surface area contributed by atoms with Gasteiger partial charge < -0.3 is 10.2 Å². The lowest BCUT2D eigenvalue weighted by Crippen LogP contribution is -2.48. The van der Waals surface area contributed by atoms with Crippen LogP contribution in [0.25, 0.3) is 11.4 Å². The van der Waals surface area contributed by atoms with Crippen LogP contribution >= 0.6 is 11.6 Å². The molecule has 0 bridgehead atoms. The average molecular weight is 488 g/mol. The molecule has 2 aliphatic rings. The fourth-order valence-electron chi connectivity index (χ4n) is 4.57. The van der Waals surface area contributed by atoms with Gasteiger partial charge in [-0.25, -0.2) is 15.0 Å². The summed E-state index contributed by atoms with van der Waals surface area (Å²) in [5.74, 6) is 1.10. The lowest BCUT2D eigenvalue weighted by Gasteiger charge is -2.36. The molecule has 0 spiro atoms. The van der Waals surface area contributed by atoms with E-state index in [2.05, 4.69) is 20.3 Å². The fourth-order valence-corrected chi connectivity index (χ4v) is 4.74. The number of amides is 1. The SMILES string of the molecule is O=C(c1cc(Cl)ccc1-c1ncccn1)N1C2CC2CC[C@H]1CNc1ccc(C(F)(F)F)cn1. The van der Waals surface area contributed by atoms with Gasteiger partial charge in [0.1, 0.15) is 5.82 Å². The van der Waals surface area contributed by atoms with E-state index in [1.54, 1.807) is 36.7 Å². The number of aromatic nitrogens is 3. The normalized spacial score (nSPS) is 21.6. The molecule has 1 saturated heterocycles. The van der Waals surface area contributed by atoms with Crippen LogP contribution in [0.15, 0.2) is 55.0 Å². The highest BCUT2D eigenvalue weighted by atomic mass is 35.5. The average Bonchev–Trinajstić information content (AvgIpc) is 3.62. The molecule has 6 nitrogen and oxygen atoms in total. The molecule has 1 aliphatic heterocycles. The molecule has 3 aromatic rings. The first-order valence-electron chi connectivity index (χ1n) is 11.0. The van der Waals surface area contributed by atoms with Gasteiger partial charge in [-0.15, -0.1) is 0 Å². The minimum atomic E-state index is -4.43. The Kier molecular flexibility index (Phi) is 5.89. The van der Waals surface area contributed by atoms with Gasteiger partial charge in [-0.3, -0.25) is 4.79 Å². The van der Waals surface area contributed by atoms with Crippen molar-refractivity contribution in [3.8, 4) is 11.4 Å². The van der Waals surface area contributed by atoms with Crippen molar-refractivity contribution in [1.82, 2.24) is 19.9 Å². The summed E-state index contributed by atoms with van der Waals surface area (Å²) in [6.45, 7) is 0.380. The van der Waals surface area contributed by atoms with Gasteiger partial charge >= 0.3 is 6.18 Å². The minimum absolute atomic E-state index is 0.135. The topological polar surface area (TPSA) is 71.0 Å². The van der Waals surface area contributed by atoms with Gasteiger partial charge in [0.05, 0.1) is 11.1 Å². The number of anilines is 1. The molecule has 3 heterocycles. The highest BCUT2D eigenvalue weighted by Gasteiger charge is 2.50. The van der Waals surface area contributed by atoms with Gasteiger partial charge in [0.2, 0.25) is 0 Å². The molecule has 0 radical (unpaired) electrons. The first kappa shape index (κ1) is 22.6. The first-order valence-corrected chi connectivity index (χ1v) is 11.4. The van der Waals surface area contributed by atoms with E-state index in [9.17, 15) is 18.0 Å². The number of hydrogen-bond acceptors (Lipinski definition) is 5. The van der Waals surface area contributed by atoms with Crippen LogP contribution < -0.4 is 5.32 Å². The predicted octanol–water partition coefficient (Wildman–Crippen LogP) is 5.32. The van der Waals surface area contributed by atoms with Gasteiger partial charge in [-0.2, -0.15) is 13.2 Å². The zero-order chi connectivity index (χ0) is 23.9. The van der Waals surface area contributed by atoms with Crippen LogP contribution in [-0.4, -0.2) is 44.4 Å². The Balaban J connectivity index is 1.38. The van der Waals surface area contributed by atoms with Crippen LogP contribution in [0.5, 0.6) is 0 Å². The zero-order valence-electron chi connectivity index (χ0n) is 18.0. The molecule has 1 aliphatic carbocycles. The molecule has 2 fully saturated rings. The van der Waals surface area contributed by atoms with E-state index in [1.807, 2.05) is 4.90 Å². The van der Waals surface area contributed by atoms with Crippen molar-refractivity contribution in [1.29, 1.82) is 0 Å². The van der Waals surface area contributed by atoms with Crippen molar-refractivity contribution in [2.45, 2.75) is 37.5 Å². The number of likely N-dealkylation sites (tertiary alicyclic amines) is 1. The Bertz CT molecular complexity index is 1190. The van der Waals surface area contributed by atoms with Crippen molar-refractivity contribution >= 4 is 23.3 Å². The summed E-state index contributed by atoms with van der Waals surface area (Å²) in [7, 11) is 0. The van der Waals surface area contributed by atoms with Gasteiger partial charge in [0.15, 0.2) is 5.82 Å². The molecule has 1 aromatic carbocycles. The van der Waals surface area contributed by atoms with Crippen LogP contribution in [0.2, 0.25) is 5.02 Å². The molecule has 2 unspecified atom stereocenters. The number of carbonyl (C=O) groups is 1. The fraction of sp³-hybridized carbons (Fsp3) is 0.333. The van der Waals surface area contributed by atoms with Crippen molar-refractivity contribution in [3.63, 3.8) is 0 Å². The summed E-state index contributed by atoms with van der Waals surface area (Å²) in [6.07, 6.45) is 2.35.